The maximum atomic E-state index is 11.9. The zero-order valence-electron chi connectivity index (χ0n) is 14.3. The van der Waals surface area contributed by atoms with Crippen LogP contribution in [-0.4, -0.2) is 5.78 Å². The topological polar surface area (TPSA) is 17.1 Å². The monoisotopic (exact) mass is 308 g/mol. The van der Waals surface area contributed by atoms with Gasteiger partial charge in [0, 0.05) is 12.3 Å². The quantitative estimate of drug-likeness (QED) is 0.646. The van der Waals surface area contributed by atoms with Gasteiger partial charge in [0.1, 0.15) is 0 Å². The van der Waals surface area contributed by atoms with Crippen molar-refractivity contribution in [2.75, 3.05) is 0 Å². The van der Waals surface area contributed by atoms with E-state index < -0.39 is 0 Å². The molecule has 0 saturated heterocycles. The van der Waals surface area contributed by atoms with Crippen molar-refractivity contribution in [2.45, 2.75) is 58.3 Å². The molecular formula is C22H28O. The van der Waals surface area contributed by atoms with Crippen molar-refractivity contribution in [3.8, 4) is 12.3 Å². The third-order valence-corrected chi connectivity index (χ3v) is 8.70. The van der Waals surface area contributed by atoms with Gasteiger partial charge < -0.3 is 0 Å². The number of carbonyl (C=O) groups excluding carboxylic acids is 1. The van der Waals surface area contributed by atoms with Crippen LogP contribution >= 0.6 is 0 Å². The normalized spacial score (nSPS) is 53.3. The van der Waals surface area contributed by atoms with Crippen LogP contribution in [0.2, 0.25) is 0 Å². The number of hydrogen-bond donors (Lipinski definition) is 0. The maximum Gasteiger partial charge on any atom is 0.155 e. The Morgan fingerprint density at radius 1 is 1.22 bits per heavy atom. The fourth-order valence-electron chi connectivity index (χ4n) is 7.76. The second-order valence-electron chi connectivity index (χ2n) is 9.03. The Balaban J connectivity index is 1.53. The number of carbonyl (C=O) groups is 1. The van der Waals surface area contributed by atoms with Gasteiger partial charge >= 0.3 is 0 Å². The van der Waals surface area contributed by atoms with Gasteiger partial charge in [-0.1, -0.05) is 12.5 Å². The first-order valence-corrected chi connectivity index (χ1v) is 9.90. The van der Waals surface area contributed by atoms with Crippen LogP contribution in [0.3, 0.4) is 0 Å². The summed E-state index contributed by atoms with van der Waals surface area (Å²) >= 11 is 0. The number of allylic oxidation sites excluding steroid dienone is 1. The largest absolute Gasteiger partial charge is 0.295 e. The standard InChI is InChI=1S/C22H28O/c1-3-13-5-8-20-21-16(9-10-22(13,20)4-2)15-7-6-14(23)11-17(15)18-12-19(18)21/h1,11,13,15-16,18-21H,4-10,12H2,2H3/t13-,15+,16+,18-,19-,20-,21-,22+/m0/s1. The first-order valence-electron chi connectivity index (χ1n) is 9.90. The lowest BCUT2D eigenvalue weighted by molar-refractivity contribution is -0.116. The lowest BCUT2D eigenvalue weighted by atomic mass is 9.50. The van der Waals surface area contributed by atoms with Crippen LogP contribution in [0.4, 0.5) is 0 Å². The number of terminal acetylenes is 1. The van der Waals surface area contributed by atoms with E-state index in [4.69, 9.17) is 6.42 Å². The Morgan fingerprint density at radius 3 is 2.87 bits per heavy atom. The molecule has 1 nitrogen and oxygen atoms in total. The summed E-state index contributed by atoms with van der Waals surface area (Å²) in [4.78, 5) is 11.9. The van der Waals surface area contributed by atoms with Gasteiger partial charge in [0.15, 0.2) is 5.78 Å². The highest BCUT2D eigenvalue weighted by Gasteiger charge is 2.64. The van der Waals surface area contributed by atoms with Gasteiger partial charge in [-0.2, -0.15) is 0 Å². The van der Waals surface area contributed by atoms with Crippen LogP contribution in [-0.2, 0) is 4.79 Å². The second kappa shape index (κ2) is 4.75. The summed E-state index contributed by atoms with van der Waals surface area (Å²) in [5.41, 5.74) is 2.03. The molecule has 0 aromatic carbocycles. The molecule has 8 atom stereocenters. The van der Waals surface area contributed by atoms with Gasteiger partial charge in [-0.25, -0.2) is 0 Å². The number of rotatable bonds is 1. The van der Waals surface area contributed by atoms with Gasteiger partial charge in [-0.3, -0.25) is 4.79 Å². The van der Waals surface area contributed by atoms with Gasteiger partial charge in [0.25, 0.3) is 0 Å². The van der Waals surface area contributed by atoms with Crippen molar-refractivity contribution >= 4 is 5.78 Å². The summed E-state index contributed by atoms with van der Waals surface area (Å²) in [7, 11) is 0. The van der Waals surface area contributed by atoms with Crippen LogP contribution in [0, 0.1) is 59.2 Å². The highest BCUT2D eigenvalue weighted by Crippen LogP contribution is 2.71. The summed E-state index contributed by atoms with van der Waals surface area (Å²) in [5, 5.41) is 0. The van der Waals surface area contributed by atoms with Crippen LogP contribution in [0.15, 0.2) is 11.6 Å². The van der Waals surface area contributed by atoms with Gasteiger partial charge in [0.2, 0.25) is 0 Å². The van der Waals surface area contributed by atoms with Crippen molar-refractivity contribution in [1.29, 1.82) is 0 Å². The molecule has 0 spiro atoms. The lowest BCUT2D eigenvalue weighted by Gasteiger charge is -2.54. The average molecular weight is 308 g/mol. The molecule has 5 aliphatic carbocycles. The van der Waals surface area contributed by atoms with E-state index in [0.29, 0.717) is 17.1 Å². The predicted molar refractivity (Wildman–Crippen MR) is 91.4 cm³/mol. The molecule has 0 N–H and O–H groups in total. The SMILES string of the molecule is C#C[C@H]1CC[C@H]2[C@@H]3[C@H]4C[C@H]4C4=CC(=O)CC[C@@H]4[C@H]3CC[C@]12CC. The predicted octanol–water partition coefficient (Wildman–Crippen LogP) is 4.62. The van der Waals surface area contributed by atoms with Crippen molar-refractivity contribution in [2.24, 2.45) is 46.8 Å². The van der Waals surface area contributed by atoms with Gasteiger partial charge in [-0.15, -0.1) is 12.3 Å². The molecule has 0 unspecified atom stereocenters. The summed E-state index contributed by atoms with van der Waals surface area (Å²) in [6.45, 7) is 2.39. The molecule has 122 valence electrons. The van der Waals surface area contributed by atoms with E-state index in [-0.39, 0.29) is 0 Å². The van der Waals surface area contributed by atoms with Crippen LogP contribution in [0.5, 0.6) is 0 Å². The molecule has 0 amide bonds. The van der Waals surface area contributed by atoms with E-state index in [0.717, 1.165) is 48.3 Å². The van der Waals surface area contributed by atoms with Gasteiger partial charge in [0.05, 0.1) is 0 Å². The Hall–Kier alpha value is -1.03. The first-order chi connectivity index (χ1) is 11.2. The van der Waals surface area contributed by atoms with Crippen LogP contribution < -0.4 is 0 Å². The minimum absolute atomic E-state index is 0.396. The minimum atomic E-state index is 0.396. The smallest absolute Gasteiger partial charge is 0.155 e. The Morgan fingerprint density at radius 2 is 2.09 bits per heavy atom. The molecule has 1 heteroatoms. The Bertz CT molecular complexity index is 622. The van der Waals surface area contributed by atoms with E-state index in [2.05, 4.69) is 18.9 Å². The molecule has 5 rings (SSSR count). The fraction of sp³-hybridized carbons (Fsp3) is 0.773. The van der Waals surface area contributed by atoms with Crippen molar-refractivity contribution in [3.63, 3.8) is 0 Å². The minimum Gasteiger partial charge on any atom is -0.295 e. The van der Waals surface area contributed by atoms with E-state index in [1.54, 1.807) is 5.57 Å². The molecule has 0 aromatic rings. The van der Waals surface area contributed by atoms with Crippen LogP contribution in [0.1, 0.15) is 58.3 Å². The molecule has 23 heavy (non-hydrogen) atoms. The molecule has 0 bridgehead atoms. The molecule has 4 saturated carbocycles. The molecular weight excluding hydrogens is 280 g/mol. The first kappa shape index (κ1) is 14.3. The number of hydrogen-bond acceptors (Lipinski definition) is 1. The Kier molecular flexibility index (Phi) is 2.96. The van der Waals surface area contributed by atoms with Crippen LogP contribution in [0.25, 0.3) is 0 Å². The highest BCUT2D eigenvalue weighted by molar-refractivity contribution is 5.91. The Labute approximate surface area is 140 Å². The maximum absolute atomic E-state index is 11.9. The van der Waals surface area contributed by atoms with E-state index in [9.17, 15) is 4.79 Å². The average Bonchev–Trinajstić information content (AvgIpc) is 3.28. The van der Waals surface area contributed by atoms with E-state index in [1.165, 1.54) is 38.5 Å². The summed E-state index contributed by atoms with van der Waals surface area (Å²) < 4.78 is 0. The molecule has 0 aromatic heterocycles. The van der Waals surface area contributed by atoms with E-state index in [1.807, 2.05) is 0 Å². The van der Waals surface area contributed by atoms with Crippen molar-refractivity contribution in [3.05, 3.63) is 11.6 Å². The third-order valence-electron chi connectivity index (χ3n) is 8.70. The molecule has 0 radical (unpaired) electrons. The summed E-state index contributed by atoms with van der Waals surface area (Å²) in [5.74, 6) is 9.16. The lowest BCUT2D eigenvalue weighted by Crippen LogP contribution is -2.48. The molecule has 0 aliphatic heterocycles. The number of ketones is 1. The third kappa shape index (κ3) is 1.73. The van der Waals surface area contributed by atoms with Gasteiger partial charge in [-0.05, 0) is 91.9 Å². The fourth-order valence-corrected chi connectivity index (χ4v) is 7.76. The zero-order valence-corrected chi connectivity index (χ0v) is 14.3. The second-order valence-corrected chi connectivity index (χ2v) is 9.03. The summed E-state index contributed by atoms with van der Waals surface area (Å²) in [6, 6.07) is 0. The molecule has 0 heterocycles. The van der Waals surface area contributed by atoms with Crippen molar-refractivity contribution in [1.82, 2.24) is 0 Å². The van der Waals surface area contributed by atoms with Crippen molar-refractivity contribution < 1.29 is 4.79 Å². The molecule has 4 fully saturated rings. The molecule has 5 aliphatic rings. The highest BCUT2D eigenvalue weighted by atomic mass is 16.1. The zero-order chi connectivity index (χ0) is 15.8. The van der Waals surface area contributed by atoms with E-state index >= 15 is 0 Å². The number of fused-ring (bicyclic) bond motifs is 8. The summed E-state index contributed by atoms with van der Waals surface area (Å²) in [6.07, 6.45) is 17.9.